The maximum atomic E-state index is 13.0. The highest BCUT2D eigenvalue weighted by Crippen LogP contribution is 2.14. The predicted molar refractivity (Wildman–Crippen MR) is 106 cm³/mol. The van der Waals surface area contributed by atoms with Crippen LogP contribution in [0, 0.1) is 12.7 Å². The molecule has 28 heavy (non-hydrogen) atoms. The van der Waals surface area contributed by atoms with Gasteiger partial charge >= 0.3 is 0 Å². The lowest BCUT2D eigenvalue weighted by Crippen LogP contribution is -2.49. The molecule has 0 saturated heterocycles. The number of hydrogen-bond donors (Lipinski definition) is 1. The normalized spacial score (nSPS) is 11.6. The van der Waals surface area contributed by atoms with Crippen molar-refractivity contribution in [1.82, 2.24) is 10.2 Å². The molecule has 1 atom stereocenters. The standard InChI is InChI=1S/C22H27FN2O3/c1-4-13-24-22(27)17(3)25(14-18-7-5-16(2)6-8-18)21(26)15-28-20-11-9-19(23)10-12-20/h5-12,17H,4,13-15H2,1-3H3,(H,24,27)/t17-/m1/s1. The lowest BCUT2D eigenvalue weighted by Gasteiger charge is -2.28. The average molecular weight is 386 g/mol. The van der Waals surface area contributed by atoms with Crippen molar-refractivity contribution in [1.29, 1.82) is 0 Å². The van der Waals surface area contributed by atoms with Crippen LogP contribution >= 0.6 is 0 Å². The van der Waals surface area contributed by atoms with Crippen molar-refractivity contribution in [3.05, 3.63) is 65.5 Å². The molecule has 0 radical (unpaired) electrons. The Balaban J connectivity index is 2.10. The molecule has 2 aromatic rings. The van der Waals surface area contributed by atoms with E-state index in [0.29, 0.717) is 18.8 Å². The van der Waals surface area contributed by atoms with Gasteiger partial charge in [0, 0.05) is 13.1 Å². The van der Waals surface area contributed by atoms with Gasteiger partial charge in [-0.3, -0.25) is 9.59 Å². The number of rotatable bonds is 9. The number of carbonyl (C=O) groups excluding carboxylic acids is 2. The summed E-state index contributed by atoms with van der Waals surface area (Å²) in [4.78, 5) is 26.7. The SMILES string of the molecule is CCCNC(=O)[C@@H](C)N(Cc1ccc(C)cc1)C(=O)COc1ccc(F)cc1. The van der Waals surface area contributed by atoms with Gasteiger partial charge in [-0.15, -0.1) is 0 Å². The second-order valence-corrected chi connectivity index (χ2v) is 6.72. The molecular weight excluding hydrogens is 359 g/mol. The zero-order valence-corrected chi connectivity index (χ0v) is 16.6. The van der Waals surface area contributed by atoms with E-state index in [1.807, 2.05) is 38.1 Å². The van der Waals surface area contributed by atoms with Crippen LogP contribution in [0.3, 0.4) is 0 Å². The van der Waals surface area contributed by atoms with Crippen LogP contribution < -0.4 is 10.1 Å². The van der Waals surface area contributed by atoms with E-state index in [-0.39, 0.29) is 24.2 Å². The van der Waals surface area contributed by atoms with Crippen LogP contribution in [-0.2, 0) is 16.1 Å². The molecule has 2 rings (SSSR count). The van der Waals surface area contributed by atoms with Gasteiger partial charge in [0.1, 0.15) is 17.6 Å². The van der Waals surface area contributed by atoms with E-state index in [1.165, 1.54) is 29.2 Å². The van der Waals surface area contributed by atoms with Crippen LogP contribution in [0.15, 0.2) is 48.5 Å². The number of nitrogens with one attached hydrogen (secondary N) is 1. The van der Waals surface area contributed by atoms with E-state index in [0.717, 1.165) is 17.5 Å². The third-order valence-electron chi connectivity index (χ3n) is 4.37. The van der Waals surface area contributed by atoms with Crippen LogP contribution in [0.25, 0.3) is 0 Å². The molecule has 2 amide bonds. The molecule has 150 valence electrons. The topological polar surface area (TPSA) is 58.6 Å². The fourth-order valence-electron chi connectivity index (χ4n) is 2.63. The smallest absolute Gasteiger partial charge is 0.261 e. The average Bonchev–Trinajstić information content (AvgIpc) is 2.70. The van der Waals surface area contributed by atoms with Gasteiger partial charge in [-0.25, -0.2) is 4.39 Å². The fraction of sp³-hybridized carbons (Fsp3) is 0.364. The van der Waals surface area contributed by atoms with Crippen LogP contribution in [0.2, 0.25) is 0 Å². The summed E-state index contributed by atoms with van der Waals surface area (Å²) < 4.78 is 18.5. The number of halogens is 1. The number of hydrogen-bond acceptors (Lipinski definition) is 3. The van der Waals surface area contributed by atoms with Gasteiger partial charge in [0.25, 0.3) is 5.91 Å². The van der Waals surface area contributed by atoms with Crippen molar-refractivity contribution in [3.63, 3.8) is 0 Å². The Morgan fingerprint density at radius 1 is 1.11 bits per heavy atom. The van der Waals surface area contributed by atoms with Crippen LogP contribution in [0.4, 0.5) is 4.39 Å². The highest BCUT2D eigenvalue weighted by molar-refractivity contribution is 5.87. The number of ether oxygens (including phenoxy) is 1. The number of carbonyl (C=O) groups is 2. The molecular formula is C22H27FN2O3. The van der Waals surface area contributed by atoms with Crippen molar-refractivity contribution < 1.29 is 18.7 Å². The first-order valence-electron chi connectivity index (χ1n) is 9.41. The minimum Gasteiger partial charge on any atom is -0.484 e. The van der Waals surface area contributed by atoms with Gasteiger partial charge in [-0.1, -0.05) is 36.8 Å². The van der Waals surface area contributed by atoms with Crippen molar-refractivity contribution in [2.24, 2.45) is 0 Å². The Labute approximate surface area is 165 Å². The molecule has 0 aliphatic carbocycles. The van der Waals surface area contributed by atoms with Crippen molar-refractivity contribution in [2.75, 3.05) is 13.2 Å². The molecule has 0 fully saturated rings. The number of benzene rings is 2. The second-order valence-electron chi connectivity index (χ2n) is 6.72. The lowest BCUT2D eigenvalue weighted by molar-refractivity contribution is -0.142. The largest absolute Gasteiger partial charge is 0.484 e. The molecule has 0 spiro atoms. The Kier molecular flexibility index (Phi) is 7.99. The fourth-order valence-corrected chi connectivity index (χ4v) is 2.63. The van der Waals surface area contributed by atoms with Crippen molar-refractivity contribution in [3.8, 4) is 5.75 Å². The molecule has 0 saturated carbocycles. The van der Waals surface area contributed by atoms with Crippen LogP contribution in [0.5, 0.6) is 5.75 Å². The Bertz CT molecular complexity index is 775. The molecule has 0 aliphatic rings. The summed E-state index contributed by atoms with van der Waals surface area (Å²) in [5, 5.41) is 2.83. The Morgan fingerprint density at radius 2 is 1.75 bits per heavy atom. The van der Waals surface area contributed by atoms with E-state index >= 15 is 0 Å². The maximum Gasteiger partial charge on any atom is 0.261 e. The van der Waals surface area contributed by atoms with Gasteiger partial charge in [-0.2, -0.15) is 0 Å². The molecule has 5 nitrogen and oxygen atoms in total. The first-order valence-corrected chi connectivity index (χ1v) is 9.41. The van der Waals surface area contributed by atoms with Gasteiger partial charge < -0.3 is 15.0 Å². The molecule has 0 bridgehead atoms. The predicted octanol–water partition coefficient (Wildman–Crippen LogP) is 3.46. The molecule has 0 heterocycles. The summed E-state index contributed by atoms with van der Waals surface area (Å²) in [6.07, 6.45) is 0.818. The maximum absolute atomic E-state index is 13.0. The number of amides is 2. The van der Waals surface area contributed by atoms with Gasteiger partial charge in [0.2, 0.25) is 5.91 Å². The summed E-state index contributed by atoms with van der Waals surface area (Å²) in [6, 6.07) is 12.6. The van der Waals surface area contributed by atoms with E-state index in [4.69, 9.17) is 4.74 Å². The van der Waals surface area contributed by atoms with Crippen LogP contribution in [-0.4, -0.2) is 35.9 Å². The minimum atomic E-state index is -0.642. The quantitative estimate of drug-likeness (QED) is 0.718. The monoisotopic (exact) mass is 386 g/mol. The molecule has 2 aromatic carbocycles. The first kappa shape index (κ1) is 21.4. The zero-order valence-electron chi connectivity index (χ0n) is 16.6. The third-order valence-corrected chi connectivity index (χ3v) is 4.37. The highest BCUT2D eigenvalue weighted by atomic mass is 19.1. The van der Waals surface area contributed by atoms with E-state index in [9.17, 15) is 14.0 Å². The van der Waals surface area contributed by atoms with E-state index < -0.39 is 6.04 Å². The molecule has 0 aromatic heterocycles. The summed E-state index contributed by atoms with van der Waals surface area (Å²) in [5.74, 6) is -0.498. The van der Waals surface area contributed by atoms with Gasteiger partial charge in [0.05, 0.1) is 0 Å². The molecule has 1 N–H and O–H groups in total. The van der Waals surface area contributed by atoms with E-state index in [1.54, 1.807) is 6.92 Å². The van der Waals surface area contributed by atoms with E-state index in [2.05, 4.69) is 5.32 Å². The second kappa shape index (κ2) is 10.4. The van der Waals surface area contributed by atoms with Crippen LogP contribution in [0.1, 0.15) is 31.4 Å². The number of aryl methyl sites for hydroxylation is 1. The third kappa shape index (κ3) is 6.37. The Morgan fingerprint density at radius 3 is 2.36 bits per heavy atom. The highest BCUT2D eigenvalue weighted by Gasteiger charge is 2.26. The summed E-state index contributed by atoms with van der Waals surface area (Å²) in [7, 11) is 0. The summed E-state index contributed by atoms with van der Waals surface area (Å²) in [6.45, 7) is 6.28. The first-order chi connectivity index (χ1) is 13.4. The zero-order chi connectivity index (χ0) is 20.5. The Hall–Kier alpha value is -2.89. The van der Waals surface area contributed by atoms with Crippen molar-refractivity contribution in [2.45, 2.75) is 39.8 Å². The molecule has 0 unspecified atom stereocenters. The lowest BCUT2D eigenvalue weighted by atomic mass is 10.1. The van der Waals surface area contributed by atoms with Crippen molar-refractivity contribution >= 4 is 11.8 Å². The minimum absolute atomic E-state index is 0.205. The summed E-state index contributed by atoms with van der Waals surface area (Å²) >= 11 is 0. The van der Waals surface area contributed by atoms with Gasteiger partial charge in [0.15, 0.2) is 6.61 Å². The number of nitrogens with zero attached hydrogens (tertiary/aromatic N) is 1. The molecule has 6 heteroatoms. The molecule has 0 aliphatic heterocycles. The van der Waals surface area contributed by atoms with Gasteiger partial charge in [-0.05, 0) is 50.1 Å². The summed E-state index contributed by atoms with van der Waals surface area (Å²) in [5.41, 5.74) is 2.05.